The summed E-state index contributed by atoms with van der Waals surface area (Å²) < 4.78 is 43.2. The fourth-order valence-corrected chi connectivity index (χ4v) is 3.26. The molecule has 0 aliphatic carbocycles. The highest BCUT2D eigenvalue weighted by Gasteiger charge is 2.29. The summed E-state index contributed by atoms with van der Waals surface area (Å²) in [4.78, 5) is 26.5. The molecule has 3 rings (SSSR count). The van der Waals surface area contributed by atoms with Crippen LogP contribution in [0.25, 0.3) is 0 Å². The second-order valence-electron chi connectivity index (χ2n) is 7.65. The van der Waals surface area contributed by atoms with Crippen molar-refractivity contribution >= 4 is 23.2 Å². The maximum Gasteiger partial charge on any atom is 0.416 e. The van der Waals surface area contributed by atoms with Crippen LogP contribution < -0.4 is 15.4 Å². The zero-order chi connectivity index (χ0) is 24.7. The van der Waals surface area contributed by atoms with Crippen molar-refractivity contribution in [2.24, 2.45) is 0 Å². The van der Waals surface area contributed by atoms with Crippen LogP contribution in [-0.2, 0) is 17.5 Å². The maximum atomic E-state index is 12.7. The molecule has 0 heterocycles. The fourth-order valence-electron chi connectivity index (χ4n) is 3.26. The molecule has 0 saturated carbocycles. The molecular formula is C25H24F3N3O3. The minimum Gasteiger partial charge on any atom is -0.495 e. The Bertz CT molecular complexity index is 1130. The van der Waals surface area contributed by atoms with Crippen molar-refractivity contribution in [3.8, 4) is 5.75 Å². The Morgan fingerprint density at radius 2 is 1.56 bits per heavy atom. The SMILES string of the molecule is COc1ccccc1NC(=O)c1ccc(NC(=O)CN(C)Cc2ccc(C(F)(F)F)cc2)cc1. The number of nitrogens with zero attached hydrogens (tertiary/aromatic N) is 1. The average molecular weight is 471 g/mol. The van der Waals surface area contributed by atoms with Crippen LogP contribution >= 0.6 is 0 Å². The minimum absolute atomic E-state index is 0.0388. The van der Waals surface area contributed by atoms with E-state index in [9.17, 15) is 22.8 Å². The summed E-state index contributed by atoms with van der Waals surface area (Å²) in [6, 6.07) is 18.3. The number of carbonyl (C=O) groups is 2. The fraction of sp³-hybridized carbons (Fsp3) is 0.200. The van der Waals surface area contributed by atoms with Gasteiger partial charge in [0.1, 0.15) is 5.75 Å². The predicted octanol–water partition coefficient (Wildman–Crippen LogP) is 5.04. The molecule has 0 aliphatic rings. The van der Waals surface area contributed by atoms with Gasteiger partial charge in [0.2, 0.25) is 5.91 Å². The van der Waals surface area contributed by atoms with E-state index in [4.69, 9.17) is 4.74 Å². The Balaban J connectivity index is 1.51. The topological polar surface area (TPSA) is 70.7 Å². The molecule has 0 bridgehead atoms. The summed E-state index contributed by atoms with van der Waals surface area (Å²) in [5, 5.41) is 5.52. The number of ether oxygens (including phenoxy) is 1. The molecule has 2 N–H and O–H groups in total. The number of nitrogens with one attached hydrogen (secondary N) is 2. The normalized spacial score (nSPS) is 11.2. The number of anilines is 2. The first-order chi connectivity index (χ1) is 16.2. The van der Waals surface area contributed by atoms with Gasteiger partial charge in [0.15, 0.2) is 0 Å². The molecule has 0 atom stereocenters. The number of halogens is 3. The molecule has 0 fully saturated rings. The molecule has 2 amide bonds. The van der Waals surface area contributed by atoms with Gasteiger partial charge in [-0.15, -0.1) is 0 Å². The van der Waals surface area contributed by atoms with E-state index >= 15 is 0 Å². The highest BCUT2D eigenvalue weighted by molar-refractivity contribution is 6.05. The van der Waals surface area contributed by atoms with Crippen LogP contribution in [0.2, 0.25) is 0 Å². The third kappa shape index (κ3) is 6.82. The maximum absolute atomic E-state index is 12.7. The first-order valence-electron chi connectivity index (χ1n) is 10.3. The highest BCUT2D eigenvalue weighted by atomic mass is 19.4. The van der Waals surface area contributed by atoms with Crippen LogP contribution in [0.1, 0.15) is 21.5 Å². The molecule has 0 saturated heterocycles. The van der Waals surface area contributed by atoms with Crippen LogP contribution in [0.15, 0.2) is 72.8 Å². The van der Waals surface area contributed by atoms with Gasteiger partial charge >= 0.3 is 6.18 Å². The van der Waals surface area contributed by atoms with E-state index in [0.29, 0.717) is 34.8 Å². The lowest BCUT2D eigenvalue weighted by molar-refractivity contribution is -0.137. The van der Waals surface area contributed by atoms with Crippen LogP contribution in [0.4, 0.5) is 24.5 Å². The largest absolute Gasteiger partial charge is 0.495 e. The number of amides is 2. The van der Waals surface area contributed by atoms with E-state index in [1.807, 2.05) is 0 Å². The van der Waals surface area contributed by atoms with Gasteiger partial charge in [0, 0.05) is 17.8 Å². The molecule has 0 aromatic heterocycles. The van der Waals surface area contributed by atoms with E-state index in [0.717, 1.165) is 12.1 Å². The lowest BCUT2D eigenvalue weighted by Gasteiger charge is -2.17. The van der Waals surface area contributed by atoms with Gasteiger partial charge in [-0.1, -0.05) is 24.3 Å². The van der Waals surface area contributed by atoms with Crippen molar-refractivity contribution in [3.05, 3.63) is 89.5 Å². The quantitative estimate of drug-likeness (QED) is 0.483. The number of carbonyl (C=O) groups excluding carboxylic acids is 2. The lowest BCUT2D eigenvalue weighted by Crippen LogP contribution is -2.29. The zero-order valence-electron chi connectivity index (χ0n) is 18.6. The molecule has 34 heavy (non-hydrogen) atoms. The number of hydrogen-bond donors (Lipinski definition) is 2. The van der Waals surface area contributed by atoms with Crippen molar-refractivity contribution in [2.75, 3.05) is 31.3 Å². The summed E-state index contributed by atoms with van der Waals surface area (Å²) in [7, 11) is 3.21. The minimum atomic E-state index is -4.38. The first kappa shape index (κ1) is 24.8. The molecule has 0 aliphatic heterocycles. The summed E-state index contributed by atoms with van der Waals surface area (Å²) in [5.74, 6) is -0.0700. The predicted molar refractivity (Wildman–Crippen MR) is 124 cm³/mol. The van der Waals surface area contributed by atoms with Crippen LogP contribution in [0, 0.1) is 0 Å². The Morgan fingerprint density at radius 3 is 2.18 bits per heavy atom. The third-order valence-electron chi connectivity index (χ3n) is 4.93. The molecular weight excluding hydrogens is 447 g/mol. The summed E-state index contributed by atoms with van der Waals surface area (Å²) in [6.45, 7) is 0.352. The van der Waals surface area contributed by atoms with E-state index < -0.39 is 11.7 Å². The molecule has 3 aromatic rings. The van der Waals surface area contributed by atoms with E-state index in [2.05, 4.69) is 10.6 Å². The molecule has 178 valence electrons. The van der Waals surface area contributed by atoms with Crippen LogP contribution in [-0.4, -0.2) is 37.4 Å². The third-order valence-corrected chi connectivity index (χ3v) is 4.93. The van der Waals surface area contributed by atoms with Gasteiger partial charge in [-0.25, -0.2) is 0 Å². The van der Waals surface area contributed by atoms with Crippen molar-refractivity contribution in [1.82, 2.24) is 4.90 Å². The van der Waals surface area contributed by atoms with Gasteiger partial charge in [-0.2, -0.15) is 13.2 Å². The molecule has 0 radical (unpaired) electrons. The van der Waals surface area contributed by atoms with Gasteiger partial charge < -0.3 is 15.4 Å². The van der Waals surface area contributed by atoms with Gasteiger partial charge in [-0.3, -0.25) is 14.5 Å². The average Bonchev–Trinajstić information content (AvgIpc) is 2.79. The van der Waals surface area contributed by atoms with E-state index in [1.54, 1.807) is 60.5 Å². The molecule has 3 aromatic carbocycles. The summed E-state index contributed by atoms with van der Waals surface area (Å²) >= 11 is 0. The van der Waals surface area contributed by atoms with Crippen LogP contribution in [0.3, 0.4) is 0 Å². The second kappa shape index (κ2) is 10.8. The number of rotatable bonds is 8. The monoisotopic (exact) mass is 471 g/mol. The molecule has 0 unspecified atom stereocenters. The smallest absolute Gasteiger partial charge is 0.416 e. The van der Waals surface area contributed by atoms with Crippen molar-refractivity contribution in [1.29, 1.82) is 0 Å². The van der Waals surface area contributed by atoms with Crippen molar-refractivity contribution in [3.63, 3.8) is 0 Å². The Hall–Kier alpha value is -3.85. The number of para-hydroxylation sites is 2. The zero-order valence-corrected chi connectivity index (χ0v) is 18.6. The van der Waals surface area contributed by atoms with E-state index in [-0.39, 0.29) is 18.4 Å². The Labute approximate surface area is 195 Å². The lowest BCUT2D eigenvalue weighted by atomic mass is 10.1. The number of benzene rings is 3. The van der Waals surface area contributed by atoms with Crippen LogP contribution in [0.5, 0.6) is 5.75 Å². The van der Waals surface area contributed by atoms with Gasteiger partial charge in [-0.05, 0) is 61.1 Å². The molecule has 0 spiro atoms. The van der Waals surface area contributed by atoms with Gasteiger partial charge in [0.25, 0.3) is 5.91 Å². The van der Waals surface area contributed by atoms with Crippen molar-refractivity contribution in [2.45, 2.75) is 12.7 Å². The van der Waals surface area contributed by atoms with Gasteiger partial charge in [0.05, 0.1) is 24.9 Å². The number of alkyl halides is 3. The number of hydrogen-bond acceptors (Lipinski definition) is 4. The highest BCUT2D eigenvalue weighted by Crippen LogP contribution is 2.29. The van der Waals surface area contributed by atoms with E-state index in [1.165, 1.54) is 19.2 Å². The van der Waals surface area contributed by atoms with Crippen molar-refractivity contribution < 1.29 is 27.5 Å². The molecule has 6 nitrogen and oxygen atoms in total. The Morgan fingerprint density at radius 1 is 0.912 bits per heavy atom. The first-order valence-corrected chi connectivity index (χ1v) is 10.3. The summed E-state index contributed by atoms with van der Waals surface area (Å²) in [6.07, 6.45) is -4.38. The molecule has 9 heteroatoms. The number of likely N-dealkylation sites (N-methyl/N-ethyl adjacent to an activating group) is 1. The Kier molecular flexibility index (Phi) is 7.91. The summed E-state index contributed by atoms with van der Waals surface area (Å²) in [5.41, 5.74) is 1.42. The number of methoxy groups -OCH3 is 1. The standard InChI is InChI=1S/C25H24F3N3O3/c1-31(15-17-7-11-19(12-8-17)25(26,27)28)16-23(32)29-20-13-9-18(10-14-20)24(33)30-21-5-3-4-6-22(21)34-2/h3-14H,15-16H2,1-2H3,(H,29,32)(H,30,33). The second-order valence-corrected chi connectivity index (χ2v) is 7.65.